The molecule has 8 aromatic rings. The van der Waals surface area contributed by atoms with Crippen molar-refractivity contribution in [1.29, 1.82) is 0 Å². The summed E-state index contributed by atoms with van der Waals surface area (Å²) in [4.78, 5) is 56.8. The Bertz CT molecular complexity index is 3820. The van der Waals surface area contributed by atoms with Crippen LogP contribution in [0.5, 0.6) is 0 Å². The van der Waals surface area contributed by atoms with E-state index >= 15 is 0 Å². The summed E-state index contributed by atoms with van der Waals surface area (Å²) in [5, 5.41) is 4.38. The maximum absolute atomic E-state index is 13.6. The lowest BCUT2D eigenvalue weighted by molar-refractivity contribution is 0.265. The standard InChI is InChI=1S/C27H32FN7.C26H28ClFN6.C13H10Cl2FN3/c1-16-12-35(21-8-6-20(28)7-9-21)27-25(16)26(29-3)32-23(33-27)11-22-18-4-5-19(22)14-34(13-18)24-10-17(2)30-15-31-24;1-15-11-34(20-7-5-19(28)6-8-20)26-24(15)25(27)31-22(32-26)10-21-17-3-4-18(21)13-33(12-17)23-9-16(2)29-14-30-23;1-7-6-19(9-4-2-8(16)3-5-9)12-10(7)11(14)17-13(15)18-12/h6-10,15-16,18-19,22H,4-5,11-14H2,1-3H3,(H,29,32,33);5-9,14-15,17-18,21H,3-4,10-13H2,1-2H3;2-5,7H,6H2,1H3/t16-,18?,19?,22?;15-,17?,18?,21?;7-/m111/s1. The largest absolute Gasteiger partial charge is 0.373 e. The third-order valence-electron chi connectivity index (χ3n) is 19.1. The smallest absolute Gasteiger partial charge is 0.225 e. The lowest BCUT2D eigenvalue weighted by atomic mass is 9.82. The first-order chi connectivity index (χ1) is 42.5. The molecule has 7 aliphatic rings. The first-order valence-corrected chi connectivity index (χ1v) is 31.7. The fourth-order valence-electron chi connectivity index (χ4n) is 14.9. The number of nitrogens with zero attached hydrogens (tertiary/aromatic N) is 15. The molecule has 2 aliphatic carbocycles. The lowest BCUT2D eigenvalue weighted by Crippen LogP contribution is -2.43. The lowest BCUT2D eigenvalue weighted by Gasteiger charge is -2.38. The van der Waals surface area contributed by atoms with Crippen molar-refractivity contribution in [3.63, 3.8) is 0 Å². The highest BCUT2D eigenvalue weighted by Gasteiger charge is 2.45. The van der Waals surface area contributed by atoms with E-state index in [1.165, 1.54) is 62.1 Å². The van der Waals surface area contributed by atoms with Gasteiger partial charge >= 0.3 is 0 Å². The average molecular weight is 1250 g/mol. The average Bonchev–Trinajstić information content (AvgIpc) is 2.03. The van der Waals surface area contributed by atoms with Gasteiger partial charge in [0.05, 0.1) is 0 Å². The van der Waals surface area contributed by atoms with Crippen LogP contribution in [0, 0.1) is 66.8 Å². The molecule has 3 aromatic carbocycles. The number of halogens is 6. The van der Waals surface area contributed by atoms with Gasteiger partial charge in [0.15, 0.2) is 0 Å². The summed E-state index contributed by atoms with van der Waals surface area (Å²) >= 11 is 18.7. The SMILES string of the molecule is CNc1nc(CC2C3CCC2CN(c2cc(C)ncn2)C3)nc2c1[C@H](C)CN2c1ccc(F)cc1.C[C@@H]1CN(c2ccc(F)cc2)c2nc(Cl)nc(Cl)c21.Cc1cc(N2CC3CCC(C2)C3Cc2nc(Cl)c3c(n2)N(c2ccc(F)cc2)C[C@H]3C)ncn1. The minimum Gasteiger partial charge on any atom is -0.373 e. The van der Waals surface area contributed by atoms with Gasteiger partial charge in [0.1, 0.15) is 87.0 Å². The van der Waals surface area contributed by atoms with Gasteiger partial charge in [-0.15, -0.1) is 0 Å². The number of anilines is 9. The monoisotopic (exact) mass is 1250 g/mol. The molecule has 15 rings (SSSR count). The molecule has 5 aliphatic heterocycles. The first-order valence-electron chi connectivity index (χ1n) is 30.6. The summed E-state index contributed by atoms with van der Waals surface area (Å²) in [5.41, 5.74) is 7.80. The molecule has 16 nitrogen and oxygen atoms in total. The van der Waals surface area contributed by atoms with Crippen LogP contribution in [0.2, 0.25) is 15.6 Å². The number of benzene rings is 3. The van der Waals surface area contributed by atoms with Gasteiger partial charge in [0.2, 0.25) is 5.28 Å². The van der Waals surface area contributed by atoms with Crippen molar-refractivity contribution in [3.05, 3.63) is 170 Å². The van der Waals surface area contributed by atoms with Crippen LogP contribution in [-0.2, 0) is 12.8 Å². The Morgan fingerprint density at radius 2 is 0.818 bits per heavy atom. The summed E-state index contributed by atoms with van der Waals surface area (Å²) in [6.45, 7) is 16.8. The molecule has 2 saturated heterocycles. The number of aromatic nitrogens is 10. The van der Waals surface area contributed by atoms with Gasteiger partial charge in [-0.1, -0.05) is 44.0 Å². The van der Waals surface area contributed by atoms with Crippen molar-refractivity contribution in [1.82, 2.24) is 49.8 Å². The van der Waals surface area contributed by atoms with E-state index in [-0.39, 0.29) is 34.6 Å². The first kappa shape index (κ1) is 59.5. The number of nitrogens with one attached hydrogen (secondary N) is 1. The summed E-state index contributed by atoms with van der Waals surface area (Å²) < 4.78 is 40.0. The van der Waals surface area contributed by atoms with Crippen molar-refractivity contribution >= 4 is 86.8 Å². The molecule has 4 bridgehead atoms. The van der Waals surface area contributed by atoms with Crippen LogP contribution in [0.4, 0.5) is 65.1 Å². The van der Waals surface area contributed by atoms with Crippen molar-refractivity contribution in [3.8, 4) is 0 Å². The van der Waals surface area contributed by atoms with E-state index in [0.717, 1.165) is 145 Å². The predicted molar refractivity (Wildman–Crippen MR) is 341 cm³/mol. The highest BCUT2D eigenvalue weighted by atomic mass is 35.5. The Hall–Kier alpha value is -7.48. The van der Waals surface area contributed by atoms with Gasteiger partial charge in [-0.05, 0) is 159 Å². The highest BCUT2D eigenvalue weighted by Crippen LogP contribution is 2.49. The number of rotatable bonds is 10. The zero-order valence-electron chi connectivity index (χ0n) is 50.1. The Kier molecular flexibility index (Phi) is 16.8. The van der Waals surface area contributed by atoms with Crippen LogP contribution >= 0.6 is 34.8 Å². The molecule has 4 unspecified atom stereocenters. The van der Waals surface area contributed by atoms with Gasteiger partial charge < -0.3 is 29.8 Å². The molecular formula is C66H70Cl3F3N16. The van der Waals surface area contributed by atoms with Gasteiger partial charge in [0.25, 0.3) is 0 Å². The normalized spacial score (nSPS) is 23.7. The number of aryl methyl sites for hydroxylation is 2. The number of hydrogen-bond acceptors (Lipinski definition) is 16. The summed E-state index contributed by atoms with van der Waals surface area (Å²) in [7, 11) is 1.94. The van der Waals surface area contributed by atoms with E-state index in [1.54, 1.807) is 36.9 Å². The van der Waals surface area contributed by atoms with E-state index < -0.39 is 0 Å². The summed E-state index contributed by atoms with van der Waals surface area (Å²) in [5.74, 6) is 10.8. The van der Waals surface area contributed by atoms with Crippen LogP contribution in [0.1, 0.15) is 104 Å². The van der Waals surface area contributed by atoms with Crippen molar-refractivity contribution in [2.24, 2.45) is 35.5 Å². The quantitative estimate of drug-likeness (QED) is 0.102. The zero-order chi connectivity index (χ0) is 61.1. The van der Waals surface area contributed by atoms with Gasteiger partial charge in [-0.25, -0.2) is 58.0 Å². The molecule has 0 spiro atoms. The molecule has 1 N–H and O–H groups in total. The molecule has 5 aromatic heterocycles. The fourth-order valence-corrected chi connectivity index (χ4v) is 15.9. The number of fused-ring (bicyclic) bond motifs is 7. The molecule has 4 fully saturated rings. The highest BCUT2D eigenvalue weighted by molar-refractivity contribution is 6.33. The van der Waals surface area contributed by atoms with E-state index in [9.17, 15) is 13.2 Å². The third kappa shape index (κ3) is 12.0. The molecule has 0 radical (unpaired) electrons. The summed E-state index contributed by atoms with van der Waals surface area (Å²) in [6, 6.07) is 23.7. The minimum atomic E-state index is -0.269. The number of hydrogen-bond donors (Lipinski definition) is 1. The Morgan fingerprint density at radius 3 is 1.22 bits per heavy atom. The third-order valence-corrected chi connectivity index (χ3v) is 19.9. The Labute approximate surface area is 526 Å². The Morgan fingerprint density at radius 1 is 0.455 bits per heavy atom. The van der Waals surface area contributed by atoms with E-state index in [1.807, 2.05) is 44.9 Å². The molecule has 2 saturated carbocycles. The van der Waals surface area contributed by atoms with Gasteiger partial charge in [-0.3, -0.25) is 0 Å². The molecule has 88 heavy (non-hydrogen) atoms. The molecule has 7 atom stereocenters. The van der Waals surface area contributed by atoms with Crippen molar-refractivity contribution < 1.29 is 13.2 Å². The maximum atomic E-state index is 13.6. The molecule has 10 heterocycles. The molecule has 22 heteroatoms. The van der Waals surface area contributed by atoms with Crippen molar-refractivity contribution in [2.45, 2.75) is 90.9 Å². The van der Waals surface area contributed by atoms with Crippen LogP contribution in [0.3, 0.4) is 0 Å². The van der Waals surface area contributed by atoms with E-state index in [2.05, 4.69) is 80.8 Å². The van der Waals surface area contributed by atoms with E-state index in [4.69, 9.17) is 54.7 Å². The topological polar surface area (TPSA) is 157 Å². The van der Waals surface area contributed by atoms with Gasteiger partial charge in [-0.2, -0.15) is 4.98 Å². The molecule has 456 valence electrons. The molecular weight excluding hydrogens is 1180 g/mol. The van der Waals surface area contributed by atoms with Crippen molar-refractivity contribution in [2.75, 3.05) is 82.7 Å². The van der Waals surface area contributed by atoms with Crippen LogP contribution in [-0.4, -0.2) is 103 Å². The fraction of sp³-hybridized carbons (Fsp3) is 0.424. The second-order valence-electron chi connectivity index (χ2n) is 24.9. The minimum absolute atomic E-state index is 0.116. The van der Waals surface area contributed by atoms with Crippen LogP contribution in [0.15, 0.2) is 97.6 Å². The van der Waals surface area contributed by atoms with E-state index in [0.29, 0.717) is 57.5 Å². The number of piperidine rings is 2. The zero-order valence-corrected chi connectivity index (χ0v) is 52.4. The predicted octanol–water partition coefficient (Wildman–Crippen LogP) is 14.2. The van der Waals surface area contributed by atoms with Crippen LogP contribution in [0.25, 0.3) is 0 Å². The maximum Gasteiger partial charge on any atom is 0.225 e. The Balaban J connectivity index is 0.000000127. The summed E-state index contributed by atoms with van der Waals surface area (Å²) in [6.07, 6.45) is 10.0. The second-order valence-corrected chi connectivity index (χ2v) is 26.0. The molecule has 0 amide bonds. The van der Waals surface area contributed by atoms with Crippen LogP contribution < -0.4 is 29.8 Å². The van der Waals surface area contributed by atoms with Gasteiger partial charge in [0, 0.05) is 141 Å². The second kappa shape index (κ2) is 24.8.